The number of carbonyl (C=O) groups excluding carboxylic acids is 2. The number of nitrogens with one attached hydrogen (secondary N) is 1. The minimum absolute atomic E-state index is 0.0445. The van der Waals surface area contributed by atoms with E-state index in [0.29, 0.717) is 11.3 Å². The van der Waals surface area contributed by atoms with Crippen LogP contribution < -0.4 is 5.32 Å². The highest BCUT2D eigenvalue weighted by Gasteiger charge is 2.61. The molecule has 3 rings (SSSR count). The summed E-state index contributed by atoms with van der Waals surface area (Å²) in [5.74, 6) is -2.29. The van der Waals surface area contributed by atoms with Crippen molar-refractivity contribution in [2.75, 3.05) is 19.8 Å². The Labute approximate surface area is 213 Å². The second-order valence-corrected chi connectivity index (χ2v) is 11.9. The Morgan fingerprint density at radius 3 is 2.28 bits per heavy atom. The Balaban J connectivity index is 2.29. The van der Waals surface area contributed by atoms with Crippen LogP contribution in [0.2, 0.25) is 0 Å². The molecule has 1 saturated heterocycles. The molecule has 0 radical (unpaired) electrons. The molecule has 1 aliphatic heterocycles. The number of thioether (sulfide) groups is 1. The van der Waals surface area contributed by atoms with Crippen molar-refractivity contribution < 1.29 is 32.7 Å². The number of sulfonamides is 1. The van der Waals surface area contributed by atoms with Gasteiger partial charge in [0.15, 0.2) is 5.78 Å². The first-order valence-corrected chi connectivity index (χ1v) is 13.4. The molecule has 0 aliphatic carbocycles. The number of hydroxylamine groups is 1. The molecule has 1 aromatic carbocycles. The van der Waals surface area contributed by atoms with Crippen molar-refractivity contribution in [3.63, 3.8) is 0 Å². The van der Waals surface area contributed by atoms with E-state index in [-0.39, 0.29) is 4.47 Å². The lowest BCUT2D eigenvalue weighted by atomic mass is 9.86. The quantitative estimate of drug-likeness (QED) is 0.359. The average Bonchev–Trinajstić information content (AvgIpc) is 3.21. The highest BCUT2D eigenvalue weighted by molar-refractivity contribution is 8.00. The van der Waals surface area contributed by atoms with Gasteiger partial charge in [-0.05, 0) is 31.5 Å². The van der Waals surface area contributed by atoms with Crippen LogP contribution in [0.1, 0.15) is 19.4 Å². The van der Waals surface area contributed by atoms with Crippen LogP contribution in [0.4, 0.5) is 4.79 Å². The minimum atomic E-state index is -4.87. The van der Waals surface area contributed by atoms with E-state index in [2.05, 4.69) is 10.3 Å². The number of ketones is 1. The molecule has 0 saturated carbocycles. The van der Waals surface area contributed by atoms with Gasteiger partial charge in [-0.1, -0.05) is 30.3 Å². The summed E-state index contributed by atoms with van der Waals surface area (Å²) in [7, 11) is -2.26. The van der Waals surface area contributed by atoms with Crippen LogP contribution in [-0.2, 0) is 30.9 Å². The lowest BCUT2D eigenvalue weighted by Crippen LogP contribution is -2.67. The minimum Gasteiger partial charge on any atom is -0.479 e. The summed E-state index contributed by atoms with van der Waals surface area (Å²) < 4.78 is 27.7. The summed E-state index contributed by atoms with van der Waals surface area (Å²) >= 11 is 1.15. The number of nitrogens with zero attached hydrogens (tertiary/aromatic N) is 3. The number of pyridine rings is 1. The molecule has 13 heteroatoms. The van der Waals surface area contributed by atoms with Gasteiger partial charge < -0.3 is 14.8 Å². The fourth-order valence-corrected chi connectivity index (χ4v) is 6.45. The van der Waals surface area contributed by atoms with Crippen LogP contribution in [-0.4, -0.2) is 82.0 Å². The van der Waals surface area contributed by atoms with E-state index in [1.165, 1.54) is 26.5 Å². The Kier molecular flexibility index (Phi) is 8.08. The molecule has 2 atom stereocenters. The average molecular weight is 537 g/mol. The van der Waals surface area contributed by atoms with Gasteiger partial charge in [0.2, 0.25) is 5.54 Å². The zero-order valence-corrected chi connectivity index (χ0v) is 21.9. The number of carboxylic acids is 1. The van der Waals surface area contributed by atoms with Crippen molar-refractivity contribution in [3.8, 4) is 0 Å². The molecule has 0 unspecified atom stereocenters. The van der Waals surface area contributed by atoms with Crippen molar-refractivity contribution in [1.29, 1.82) is 0 Å². The first-order chi connectivity index (χ1) is 16.8. The summed E-state index contributed by atoms with van der Waals surface area (Å²) in [6, 6.07) is 10.3. The SMILES string of the molecule is CN(C)C(=O)ON([C@@](Cc1ccccc1)(C(=O)O)C(=O)[C@H]1NC(C)(C)CS1)S(=O)(=O)c1ccncc1. The van der Waals surface area contributed by atoms with E-state index in [4.69, 9.17) is 4.84 Å². The number of hydrogen-bond acceptors (Lipinski definition) is 9. The summed E-state index contributed by atoms with van der Waals surface area (Å²) in [5.41, 5.74) is -3.00. The van der Waals surface area contributed by atoms with E-state index < -0.39 is 55.6 Å². The molecule has 1 amide bonds. The first kappa shape index (κ1) is 27.6. The normalized spacial score (nSPS) is 18.9. The van der Waals surface area contributed by atoms with E-state index >= 15 is 0 Å². The lowest BCUT2D eigenvalue weighted by Gasteiger charge is -2.38. The Morgan fingerprint density at radius 1 is 1.17 bits per heavy atom. The predicted molar refractivity (Wildman–Crippen MR) is 132 cm³/mol. The number of hydrogen-bond donors (Lipinski definition) is 2. The summed E-state index contributed by atoms with van der Waals surface area (Å²) in [6.07, 6.45) is 0.618. The van der Waals surface area contributed by atoms with Crippen LogP contribution in [0.15, 0.2) is 59.8 Å². The lowest BCUT2D eigenvalue weighted by molar-refractivity contribution is -0.174. The van der Waals surface area contributed by atoms with E-state index in [9.17, 15) is 27.9 Å². The third-order valence-corrected chi connectivity index (χ3v) is 8.68. The van der Waals surface area contributed by atoms with Crippen LogP contribution in [0.25, 0.3) is 0 Å². The number of benzene rings is 1. The van der Waals surface area contributed by atoms with Crippen LogP contribution in [0.3, 0.4) is 0 Å². The molecular formula is C23H28N4O7S2. The smallest absolute Gasteiger partial charge is 0.429 e. The van der Waals surface area contributed by atoms with Gasteiger partial charge >= 0.3 is 12.1 Å². The maximum atomic E-state index is 14.1. The third-order valence-electron chi connectivity index (χ3n) is 5.44. The molecule has 2 heterocycles. The molecule has 1 fully saturated rings. The number of aliphatic carboxylic acids is 1. The van der Waals surface area contributed by atoms with Crippen molar-refractivity contribution in [1.82, 2.24) is 19.7 Å². The molecule has 1 aliphatic rings. The predicted octanol–water partition coefficient (Wildman–Crippen LogP) is 1.76. The van der Waals surface area contributed by atoms with Crippen LogP contribution in [0, 0.1) is 0 Å². The molecule has 1 aromatic heterocycles. The van der Waals surface area contributed by atoms with Gasteiger partial charge in [-0.25, -0.2) is 18.0 Å². The number of carbonyl (C=O) groups is 3. The summed E-state index contributed by atoms with van der Waals surface area (Å²) in [4.78, 5) is 49.4. The number of carboxylic acid groups (broad SMARTS) is 1. The second-order valence-electron chi connectivity index (χ2n) is 9.08. The molecule has 0 bridgehead atoms. The van der Waals surface area contributed by atoms with Crippen LogP contribution in [0.5, 0.6) is 0 Å². The van der Waals surface area contributed by atoms with Gasteiger partial charge in [-0.3, -0.25) is 15.1 Å². The molecular weight excluding hydrogens is 508 g/mol. The summed E-state index contributed by atoms with van der Waals surface area (Å²) in [6.45, 7) is 3.68. The highest BCUT2D eigenvalue weighted by atomic mass is 32.2. The topological polar surface area (TPSA) is 146 Å². The van der Waals surface area contributed by atoms with Crippen molar-refractivity contribution in [2.45, 2.75) is 41.6 Å². The molecule has 194 valence electrons. The molecule has 0 spiro atoms. The molecule has 11 nitrogen and oxygen atoms in total. The zero-order valence-electron chi connectivity index (χ0n) is 20.2. The molecule has 2 N–H and O–H groups in total. The van der Waals surface area contributed by atoms with E-state index in [0.717, 1.165) is 28.8 Å². The van der Waals surface area contributed by atoms with Gasteiger partial charge in [0, 0.05) is 48.7 Å². The second kappa shape index (κ2) is 10.5. The first-order valence-electron chi connectivity index (χ1n) is 10.9. The van der Waals surface area contributed by atoms with Gasteiger partial charge in [-0.2, -0.15) is 0 Å². The van der Waals surface area contributed by atoms with Crippen molar-refractivity contribution in [2.24, 2.45) is 0 Å². The summed E-state index contributed by atoms with van der Waals surface area (Å²) in [5, 5.41) is 12.6. The van der Waals surface area contributed by atoms with Gasteiger partial charge in [0.25, 0.3) is 10.0 Å². The Hall–Kier alpha value is -3.00. The van der Waals surface area contributed by atoms with Gasteiger partial charge in [-0.15, -0.1) is 11.8 Å². The number of aromatic nitrogens is 1. The highest BCUT2D eigenvalue weighted by Crippen LogP contribution is 2.36. The standard InChI is InChI=1S/C23H28N4O7S2/c1-22(2)15-35-19(25-22)18(28)23(20(29)30,14-16-8-6-5-7-9-16)27(34-21(31)26(3)4)36(32,33)17-10-12-24-13-11-17/h5-13,19,25H,14-15H2,1-4H3,(H,29,30)/t19-,23+/m0/s1. The van der Waals surface area contributed by atoms with Gasteiger partial charge in [0.05, 0.1) is 4.90 Å². The number of amides is 1. The fraction of sp³-hybridized carbons (Fsp3) is 0.391. The third kappa shape index (κ3) is 5.53. The maximum absolute atomic E-state index is 14.1. The molecule has 2 aromatic rings. The van der Waals surface area contributed by atoms with Crippen molar-refractivity contribution in [3.05, 3.63) is 60.4 Å². The number of rotatable bonds is 9. The molecule has 36 heavy (non-hydrogen) atoms. The van der Waals surface area contributed by atoms with Crippen LogP contribution >= 0.6 is 11.8 Å². The maximum Gasteiger partial charge on any atom is 0.429 e. The Bertz CT molecular complexity index is 1220. The largest absolute Gasteiger partial charge is 0.479 e. The number of Topliss-reactive ketones (excluding diaryl/α,β-unsaturated/α-hetero) is 1. The monoisotopic (exact) mass is 536 g/mol. The van der Waals surface area contributed by atoms with E-state index in [1.807, 2.05) is 13.8 Å². The van der Waals surface area contributed by atoms with Crippen molar-refractivity contribution >= 4 is 39.6 Å². The van der Waals surface area contributed by atoms with E-state index in [1.54, 1.807) is 30.3 Å². The fourth-order valence-electron chi connectivity index (χ4n) is 3.57. The van der Waals surface area contributed by atoms with Gasteiger partial charge in [0.1, 0.15) is 5.37 Å². The zero-order chi connectivity index (χ0) is 26.7. The Morgan fingerprint density at radius 2 is 1.78 bits per heavy atom.